The number of rotatable bonds is 6. The lowest BCUT2D eigenvalue weighted by Gasteiger charge is -2.35. The summed E-state index contributed by atoms with van der Waals surface area (Å²) >= 11 is 0. The minimum Gasteiger partial charge on any atom is -0.493 e. The Kier molecular flexibility index (Phi) is 6.38. The SMILES string of the molecule is COc1cc2c(cc1OC)C(C)N(C(=O)COc1ccc3c(=O)c(-c4ccccc4)coc3c1)CC2. The van der Waals surface area contributed by atoms with Crippen LogP contribution in [0.4, 0.5) is 0 Å². The maximum atomic E-state index is 13.1. The Morgan fingerprint density at radius 1 is 1.03 bits per heavy atom. The largest absolute Gasteiger partial charge is 0.493 e. The van der Waals surface area contributed by atoms with E-state index in [0.717, 1.165) is 23.1 Å². The van der Waals surface area contributed by atoms with E-state index in [1.54, 1.807) is 32.4 Å². The Morgan fingerprint density at radius 3 is 2.53 bits per heavy atom. The van der Waals surface area contributed by atoms with Gasteiger partial charge >= 0.3 is 0 Å². The van der Waals surface area contributed by atoms with Crippen molar-refractivity contribution < 1.29 is 23.4 Å². The second kappa shape index (κ2) is 9.77. The number of nitrogens with zero attached hydrogens (tertiary/aromatic N) is 1. The molecule has 1 aliphatic rings. The van der Waals surface area contributed by atoms with Gasteiger partial charge in [-0.15, -0.1) is 0 Å². The van der Waals surface area contributed by atoms with Crippen molar-refractivity contribution in [1.82, 2.24) is 4.90 Å². The zero-order chi connectivity index (χ0) is 25.2. The summed E-state index contributed by atoms with van der Waals surface area (Å²) in [5.41, 5.74) is 3.77. The Labute approximate surface area is 208 Å². The first kappa shape index (κ1) is 23.5. The topological polar surface area (TPSA) is 78.2 Å². The monoisotopic (exact) mass is 485 g/mol. The molecule has 5 rings (SSSR count). The Balaban J connectivity index is 1.31. The summed E-state index contributed by atoms with van der Waals surface area (Å²) in [5.74, 6) is 1.67. The van der Waals surface area contributed by atoms with Gasteiger partial charge in [-0.1, -0.05) is 30.3 Å². The highest BCUT2D eigenvalue weighted by Gasteiger charge is 2.29. The summed E-state index contributed by atoms with van der Waals surface area (Å²) in [6.07, 6.45) is 2.18. The van der Waals surface area contributed by atoms with Crippen LogP contribution in [-0.2, 0) is 11.2 Å². The summed E-state index contributed by atoms with van der Waals surface area (Å²) in [7, 11) is 3.21. The lowest BCUT2D eigenvalue weighted by atomic mass is 9.92. The number of amides is 1. The molecule has 1 aromatic heterocycles. The van der Waals surface area contributed by atoms with Gasteiger partial charge in [0.2, 0.25) is 0 Å². The molecule has 0 spiro atoms. The second-order valence-electron chi connectivity index (χ2n) is 8.71. The highest BCUT2D eigenvalue weighted by molar-refractivity contribution is 5.83. The normalized spacial score (nSPS) is 14.9. The molecular weight excluding hydrogens is 458 g/mol. The molecule has 0 fully saturated rings. The van der Waals surface area contributed by atoms with Gasteiger partial charge in [-0.3, -0.25) is 9.59 Å². The molecule has 1 atom stereocenters. The van der Waals surface area contributed by atoms with E-state index in [1.165, 1.54) is 6.26 Å². The molecule has 2 heterocycles. The highest BCUT2D eigenvalue weighted by atomic mass is 16.5. The van der Waals surface area contributed by atoms with E-state index in [0.29, 0.717) is 40.3 Å². The Morgan fingerprint density at radius 2 is 1.78 bits per heavy atom. The smallest absolute Gasteiger partial charge is 0.261 e. The lowest BCUT2D eigenvalue weighted by Crippen LogP contribution is -2.41. The average Bonchev–Trinajstić information content (AvgIpc) is 2.92. The van der Waals surface area contributed by atoms with Gasteiger partial charge in [0.1, 0.15) is 17.6 Å². The molecule has 36 heavy (non-hydrogen) atoms. The summed E-state index contributed by atoms with van der Waals surface area (Å²) < 4.78 is 22.4. The third-order valence-corrected chi connectivity index (χ3v) is 6.70. The molecule has 1 unspecified atom stereocenters. The molecular formula is C29H27NO6. The van der Waals surface area contributed by atoms with Crippen molar-refractivity contribution in [2.24, 2.45) is 0 Å². The molecule has 0 bridgehead atoms. The van der Waals surface area contributed by atoms with Gasteiger partial charge < -0.3 is 23.5 Å². The van der Waals surface area contributed by atoms with Gasteiger partial charge in [0.25, 0.3) is 5.91 Å². The van der Waals surface area contributed by atoms with Crippen LogP contribution in [0, 0.1) is 0 Å². The van der Waals surface area contributed by atoms with Gasteiger partial charge in [0.05, 0.1) is 31.2 Å². The van der Waals surface area contributed by atoms with Crippen LogP contribution in [0.3, 0.4) is 0 Å². The molecule has 7 heteroatoms. The molecule has 0 N–H and O–H groups in total. The van der Waals surface area contributed by atoms with Crippen LogP contribution in [0.2, 0.25) is 0 Å². The van der Waals surface area contributed by atoms with Crippen LogP contribution in [0.25, 0.3) is 22.1 Å². The molecule has 1 amide bonds. The van der Waals surface area contributed by atoms with Crippen LogP contribution in [0.1, 0.15) is 24.1 Å². The van der Waals surface area contributed by atoms with Gasteiger partial charge in [-0.2, -0.15) is 0 Å². The van der Waals surface area contributed by atoms with Crippen LogP contribution >= 0.6 is 0 Å². The molecule has 3 aromatic carbocycles. The van der Waals surface area contributed by atoms with E-state index in [-0.39, 0.29) is 24.0 Å². The molecule has 7 nitrogen and oxygen atoms in total. The fourth-order valence-electron chi connectivity index (χ4n) is 4.73. The number of benzene rings is 3. The van der Waals surface area contributed by atoms with E-state index in [4.69, 9.17) is 18.6 Å². The number of carbonyl (C=O) groups is 1. The van der Waals surface area contributed by atoms with Crippen LogP contribution in [0.5, 0.6) is 17.2 Å². The second-order valence-corrected chi connectivity index (χ2v) is 8.71. The Bertz CT molecular complexity index is 1480. The van der Waals surface area contributed by atoms with Crippen molar-refractivity contribution in [3.05, 3.63) is 88.3 Å². The number of hydrogen-bond acceptors (Lipinski definition) is 6. The van der Waals surface area contributed by atoms with Crippen molar-refractivity contribution in [2.45, 2.75) is 19.4 Å². The summed E-state index contributed by atoms with van der Waals surface area (Å²) in [4.78, 5) is 27.8. The minimum absolute atomic E-state index is 0.113. The average molecular weight is 486 g/mol. The van der Waals surface area contributed by atoms with E-state index in [1.807, 2.05) is 54.3 Å². The zero-order valence-corrected chi connectivity index (χ0v) is 20.4. The Hall–Kier alpha value is -4.26. The van der Waals surface area contributed by atoms with Crippen molar-refractivity contribution in [2.75, 3.05) is 27.4 Å². The van der Waals surface area contributed by atoms with E-state index < -0.39 is 0 Å². The molecule has 0 saturated carbocycles. The first-order chi connectivity index (χ1) is 17.5. The molecule has 184 valence electrons. The molecule has 0 aliphatic carbocycles. The number of methoxy groups -OCH3 is 2. The third-order valence-electron chi connectivity index (χ3n) is 6.70. The fraction of sp³-hybridized carbons (Fsp3) is 0.241. The fourth-order valence-corrected chi connectivity index (χ4v) is 4.73. The summed E-state index contributed by atoms with van der Waals surface area (Å²) in [6, 6.07) is 18.2. The van der Waals surface area contributed by atoms with E-state index in [9.17, 15) is 9.59 Å². The first-order valence-corrected chi connectivity index (χ1v) is 11.8. The first-order valence-electron chi connectivity index (χ1n) is 11.8. The van der Waals surface area contributed by atoms with Crippen LogP contribution in [-0.4, -0.2) is 38.2 Å². The maximum absolute atomic E-state index is 13.1. The van der Waals surface area contributed by atoms with Gasteiger partial charge in [0.15, 0.2) is 23.5 Å². The molecule has 0 saturated heterocycles. The number of fused-ring (bicyclic) bond motifs is 2. The summed E-state index contributed by atoms with van der Waals surface area (Å²) in [5, 5.41) is 0.459. The van der Waals surface area contributed by atoms with Crippen LogP contribution in [0.15, 0.2) is 76.1 Å². The van der Waals surface area contributed by atoms with Crippen LogP contribution < -0.4 is 19.6 Å². The highest BCUT2D eigenvalue weighted by Crippen LogP contribution is 2.38. The molecule has 1 aliphatic heterocycles. The molecule has 4 aromatic rings. The third kappa shape index (κ3) is 4.28. The number of hydrogen-bond donors (Lipinski definition) is 0. The van der Waals surface area contributed by atoms with E-state index in [2.05, 4.69) is 0 Å². The molecule has 0 radical (unpaired) electrons. The predicted molar refractivity (Wildman–Crippen MR) is 137 cm³/mol. The van der Waals surface area contributed by atoms with Crippen molar-refractivity contribution in [3.63, 3.8) is 0 Å². The lowest BCUT2D eigenvalue weighted by molar-refractivity contribution is -0.136. The van der Waals surface area contributed by atoms with Gasteiger partial charge in [-0.05, 0) is 54.3 Å². The quantitative estimate of drug-likeness (QED) is 0.382. The van der Waals surface area contributed by atoms with Crippen molar-refractivity contribution in [3.8, 4) is 28.4 Å². The zero-order valence-electron chi connectivity index (χ0n) is 20.4. The number of carbonyl (C=O) groups excluding carboxylic acids is 1. The summed E-state index contributed by atoms with van der Waals surface area (Å²) in [6.45, 7) is 2.46. The van der Waals surface area contributed by atoms with Crippen molar-refractivity contribution in [1.29, 1.82) is 0 Å². The predicted octanol–water partition coefficient (Wildman–Crippen LogP) is 5.00. The minimum atomic E-state index is -0.129. The maximum Gasteiger partial charge on any atom is 0.261 e. The van der Waals surface area contributed by atoms with Gasteiger partial charge in [0, 0.05) is 12.6 Å². The van der Waals surface area contributed by atoms with Crippen molar-refractivity contribution >= 4 is 16.9 Å². The standard InChI is InChI=1S/C29H27NO6/c1-18-23-15-27(34-3)26(33-2)13-20(23)11-12-30(18)28(31)17-35-21-9-10-22-25(14-21)36-16-24(29(22)32)19-7-5-4-6-8-19/h4-10,13-16,18H,11-12,17H2,1-3H3. The van der Waals surface area contributed by atoms with Gasteiger partial charge in [-0.25, -0.2) is 0 Å². The van der Waals surface area contributed by atoms with E-state index >= 15 is 0 Å². The number of ether oxygens (including phenoxy) is 3.